The second-order valence-corrected chi connectivity index (χ2v) is 9.12. The topological polar surface area (TPSA) is 15.8 Å². The van der Waals surface area contributed by atoms with Gasteiger partial charge in [-0.15, -0.1) is 23.5 Å². The highest BCUT2D eigenvalue weighted by atomic mass is 32.2. The highest BCUT2D eigenvalue weighted by Gasteiger charge is 2.29. The van der Waals surface area contributed by atoms with Crippen molar-refractivity contribution in [2.45, 2.75) is 27.7 Å². The minimum atomic E-state index is 0.379. The third-order valence-electron chi connectivity index (χ3n) is 4.95. The SMILES string of the molecule is CCc1ccc(-c2[nH]c3ccccc3c2C2Sc3ccccc3S2)cc1. The Morgan fingerprint density at radius 3 is 2.15 bits per heavy atom. The summed E-state index contributed by atoms with van der Waals surface area (Å²) >= 11 is 3.94. The fraction of sp³-hybridized carbons (Fsp3) is 0.130. The van der Waals surface area contributed by atoms with Crippen LogP contribution < -0.4 is 0 Å². The Bertz CT molecular complexity index is 1050. The minimum Gasteiger partial charge on any atom is -0.354 e. The van der Waals surface area contributed by atoms with Crippen molar-refractivity contribution in [1.29, 1.82) is 0 Å². The Hall–Kier alpha value is -2.10. The summed E-state index contributed by atoms with van der Waals surface area (Å²) in [5, 5.41) is 1.33. The van der Waals surface area contributed by atoms with Crippen molar-refractivity contribution in [1.82, 2.24) is 4.98 Å². The molecule has 1 N–H and O–H groups in total. The second kappa shape index (κ2) is 6.57. The molecule has 26 heavy (non-hydrogen) atoms. The van der Waals surface area contributed by atoms with Gasteiger partial charge in [-0.3, -0.25) is 0 Å². The summed E-state index contributed by atoms with van der Waals surface area (Å²) in [6, 6.07) is 26.4. The van der Waals surface area contributed by atoms with Gasteiger partial charge in [-0.25, -0.2) is 0 Å². The maximum absolute atomic E-state index is 3.69. The lowest BCUT2D eigenvalue weighted by Crippen LogP contribution is -1.89. The smallest absolute Gasteiger partial charge is 0.0873 e. The van der Waals surface area contributed by atoms with Crippen molar-refractivity contribution in [3.63, 3.8) is 0 Å². The van der Waals surface area contributed by atoms with Crippen molar-refractivity contribution in [2.75, 3.05) is 0 Å². The van der Waals surface area contributed by atoms with Crippen molar-refractivity contribution in [3.8, 4) is 11.3 Å². The molecule has 0 amide bonds. The van der Waals surface area contributed by atoms with E-state index in [0.717, 1.165) is 6.42 Å². The Morgan fingerprint density at radius 1 is 0.808 bits per heavy atom. The second-order valence-electron chi connectivity index (χ2n) is 6.52. The van der Waals surface area contributed by atoms with Crippen LogP contribution in [0.1, 0.15) is 22.6 Å². The molecule has 1 aromatic heterocycles. The van der Waals surface area contributed by atoms with E-state index in [4.69, 9.17) is 0 Å². The van der Waals surface area contributed by atoms with Crippen LogP contribution in [0.15, 0.2) is 82.6 Å². The molecule has 1 aliphatic heterocycles. The molecule has 1 aliphatic rings. The first-order valence-electron chi connectivity index (χ1n) is 8.96. The van der Waals surface area contributed by atoms with Gasteiger partial charge in [0.15, 0.2) is 0 Å². The number of H-pyrrole nitrogens is 1. The molecule has 4 aromatic rings. The summed E-state index contributed by atoms with van der Waals surface area (Å²) in [7, 11) is 0. The molecular formula is C23H19NS2. The average molecular weight is 374 g/mol. The van der Waals surface area contributed by atoms with E-state index >= 15 is 0 Å². The molecule has 0 radical (unpaired) electrons. The zero-order chi connectivity index (χ0) is 17.5. The van der Waals surface area contributed by atoms with Crippen molar-refractivity contribution in [3.05, 3.63) is 83.9 Å². The lowest BCUT2D eigenvalue weighted by atomic mass is 10.0. The number of rotatable bonds is 3. The van der Waals surface area contributed by atoms with Gasteiger partial charge in [0.25, 0.3) is 0 Å². The summed E-state index contributed by atoms with van der Waals surface area (Å²) in [6.07, 6.45) is 1.07. The summed E-state index contributed by atoms with van der Waals surface area (Å²) in [4.78, 5) is 6.47. The summed E-state index contributed by atoms with van der Waals surface area (Å²) in [5.74, 6) is 0. The van der Waals surface area contributed by atoms with Crippen LogP contribution >= 0.6 is 23.5 Å². The molecule has 0 unspecified atom stereocenters. The third-order valence-corrected chi connectivity index (χ3v) is 7.78. The molecule has 2 heterocycles. The summed E-state index contributed by atoms with van der Waals surface area (Å²) in [5.41, 5.74) is 6.53. The van der Waals surface area contributed by atoms with Crippen LogP contribution in [0.5, 0.6) is 0 Å². The van der Waals surface area contributed by atoms with Gasteiger partial charge in [-0.1, -0.05) is 61.5 Å². The highest BCUT2D eigenvalue weighted by Crippen LogP contribution is 2.59. The van der Waals surface area contributed by atoms with Crippen molar-refractivity contribution < 1.29 is 0 Å². The van der Waals surface area contributed by atoms with Gasteiger partial charge in [0.1, 0.15) is 0 Å². The van der Waals surface area contributed by atoms with Gasteiger partial charge in [0.2, 0.25) is 0 Å². The van der Waals surface area contributed by atoms with E-state index in [1.54, 1.807) is 0 Å². The molecule has 3 heteroatoms. The van der Waals surface area contributed by atoms with Crippen LogP contribution in [-0.4, -0.2) is 4.98 Å². The predicted octanol–water partition coefficient (Wildman–Crippen LogP) is 7.29. The Morgan fingerprint density at radius 2 is 1.46 bits per heavy atom. The molecule has 0 bridgehead atoms. The van der Waals surface area contributed by atoms with E-state index < -0.39 is 0 Å². The van der Waals surface area contributed by atoms with Gasteiger partial charge in [-0.05, 0) is 35.7 Å². The number of hydrogen-bond donors (Lipinski definition) is 1. The molecule has 0 atom stereocenters. The maximum Gasteiger partial charge on any atom is 0.0873 e. The molecule has 128 valence electrons. The van der Waals surface area contributed by atoms with Crippen LogP contribution in [0.2, 0.25) is 0 Å². The van der Waals surface area contributed by atoms with Crippen molar-refractivity contribution >= 4 is 34.4 Å². The molecule has 3 aromatic carbocycles. The number of nitrogens with one attached hydrogen (secondary N) is 1. The molecule has 0 fully saturated rings. The Kier molecular flexibility index (Phi) is 4.07. The molecular weight excluding hydrogens is 354 g/mol. The van der Waals surface area contributed by atoms with Crippen LogP contribution in [0.4, 0.5) is 0 Å². The van der Waals surface area contributed by atoms with E-state index in [2.05, 4.69) is 84.7 Å². The van der Waals surface area contributed by atoms with Crippen molar-refractivity contribution in [2.24, 2.45) is 0 Å². The van der Waals surface area contributed by atoms with E-state index in [1.165, 1.54) is 43.1 Å². The van der Waals surface area contributed by atoms with Gasteiger partial charge in [0.05, 0.1) is 10.3 Å². The van der Waals surface area contributed by atoms with Gasteiger partial charge in [-0.2, -0.15) is 0 Å². The number of thioether (sulfide) groups is 2. The van der Waals surface area contributed by atoms with Crippen LogP contribution in [0.25, 0.3) is 22.2 Å². The third kappa shape index (κ3) is 2.67. The number of fused-ring (bicyclic) bond motifs is 2. The normalized spacial score (nSPS) is 14.0. The molecule has 0 aliphatic carbocycles. The van der Waals surface area contributed by atoms with Gasteiger partial charge in [0, 0.05) is 26.3 Å². The highest BCUT2D eigenvalue weighted by molar-refractivity contribution is 8.19. The van der Waals surface area contributed by atoms with Crippen LogP contribution in [-0.2, 0) is 6.42 Å². The maximum atomic E-state index is 3.69. The summed E-state index contributed by atoms with van der Waals surface area (Å²) < 4.78 is 0.379. The molecule has 1 nitrogen and oxygen atoms in total. The molecule has 0 spiro atoms. The van der Waals surface area contributed by atoms with Crippen LogP contribution in [0, 0.1) is 0 Å². The number of aromatic amines is 1. The quantitative estimate of drug-likeness (QED) is 0.405. The Labute approximate surface area is 162 Å². The molecule has 5 rings (SSSR count). The largest absolute Gasteiger partial charge is 0.354 e. The van der Waals surface area contributed by atoms with Gasteiger partial charge >= 0.3 is 0 Å². The van der Waals surface area contributed by atoms with E-state index in [-0.39, 0.29) is 0 Å². The minimum absolute atomic E-state index is 0.379. The fourth-order valence-electron chi connectivity index (χ4n) is 3.56. The number of aromatic nitrogens is 1. The number of aryl methyl sites for hydroxylation is 1. The Balaban J connectivity index is 1.66. The standard InChI is InChI=1S/C23H19NS2/c1-2-15-11-13-16(14-12-15)22-21(17-7-3-4-8-18(17)24-22)23-25-19-9-5-6-10-20(19)26-23/h3-14,23-24H,2H2,1H3. The molecule has 0 saturated heterocycles. The average Bonchev–Trinajstić information content (AvgIpc) is 3.29. The number of hydrogen-bond acceptors (Lipinski definition) is 2. The van der Waals surface area contributed by atoms with Gasteiger partial charge < -0.3 is 4.98 Å². The van der Waals surface area contributed by atoms with E-state index in [1.807, 2.05) is 23.5 Å². The number of para-hydroxylation sites is 1. The van der Waals surface area contributed by atoms with E-state index in [9.17, 15) is 0 Å². The molecule has 0 saturated carbocycles. The number of benzene rings is 3. The lowest BCUT2D eigenvalue weighted by molar-refractivity contribution is 1.14. The van der Waals surface area contributed by atoms with E-state index in [0.29, 0.717) is 4.58 Å². The summed E-state index contributed by atoms with van der Waals surface area (Å²) in [6.45, 7) is 2.20. The first-order valence-corrected chi connectivity index (χ1v) is 10.7. The first-order chi connectivity index (χ1) is 12.8. The van der Waals surface area contributed by atoms with Crippen LogP contribution in [0.3, 0.4) is 0 Å². The fourth-order valence-corrected chi connectivity index (χ4v) is 6.53. The first kappa shape index (κ1) is 16.1. The lowest BCUT2D eigenvalue weighted by Gasteiger charge is -2.11. The zero-order valence-corrected chi connectivity index (χ0v) is 16.2. The predicted molar refractivity (Wildman–Crippen MR) is 114 cm³/mol. The monoisotopic (exact) mass is 373 g/mol. The zero-order valence-electron chi connectivity index (χ0n) is 14.5.